The van der Waals surface area contributed by atoms with Crippen molar-refractivity contribution in [2.45, 2.75) is 13.3 Å². The van der Waals surface area contributed by atoms with Gasteiger partial charge >= 0.3 is 0 Å². The van der Waals surface area contributed by atoms with E-state index in [1.807, 2.05) is 79.2 Å². The second kappa shape index (κ2) is 9.77. The van der Waals surface area contributed by atoms with Gasteiger partial charge in [-0.15, -0.1) is 11.3 Å². The first-order chi connectivity index (χ1) is 15.1. The first-order valence-corrected chi connectivity index (χ1v) is 11.3. The van der Waals surface area contributed by atoms with Crippen molar-refractivity contribution < 1.29 is 4.79 Å². The van der Waals surface area contributed by atoms with E-state index in [0.717, 1.165) is 46.7 Å². The largest absolute Gasteiger partial charge is 0.385 e. The van der Waals surface area contributed by atoms with Gasteiger partial charge in [0.1, 0.15) is 0 Å². The van der Waals surface area contributed by atoms with Gasteiger partial charge in [-0.2, -0.15) is 0 Å². The van der Waals surface area contributed by atoms with Crippen molar-refractivity contribution in [1.29, 1.82) is 0 Å². The molecule has 3 aromatic carbocycles. The van der Waals surface area contributed by atoms with Crippen LogP contribution < -0.4 is 10.6 Å². The number of carbonyl (C=O) groups is 1. The highest BCUT2D eigenvalue weighted by Gasteiger charge is 2.14. The molecule has 0 aliphatic carbocycles. The summed E-state index contributed by atoms with van der Waals surface area (Å²) in [6.07, 6.45) is 0.878. The number of anilines is 2. The molecule has 2 N–H and O–H groups in total. The zero-order chi connectivity index (χ0) is 21.6. The lowest BCUT2D eigenvalue weighted by atomic mass is 9.97. The van der Waals surface area contributed by atoms with Gasteiger partial charge in [-0.05, 0) is 60.5 Å². The summed E-state index contributed by atoms with van der Waals surface area (Å²) in [4.78, 5) is 17.3. The third-order valence-corrected chi connectivity index (χ3v) is 5.80. The van der Waals surface area contributed by atoms with Crippen LogP contribution in [0, 0.1) is 6.92 Å². The summed E-state index contributed by atoms with van der Waals surface area (Å²) in [5.74, 6) is -0.141. The van der Waals surface area contributed by atoms with E-state index >= 15 is 0 Å². The second-order valence-corrected chi connectivity index (χ2v) is 8.40. The summed E-state index contributed by atoms with van der Waals surface area (Å²) in [5, 5.41) is 9.12. The molecule has 1 heterocycles. The zero-order valence-electron chi connectivity index (χ0n) is 17.1. The van der Waals surface area contributed by atoms with Gasteiger partial charge in [0.15, 0.2) is 0 Å². The smallest absolute Gasteiger partial charge is 0.256 e. The lowest BCUT2D eigenvalue weighted by Crippen LogP contribution is -2.13. The number of benzene rings is 3. The Bertz CT molecular complexity index is 1160. The summed E-state index contributed by atoms with van der Waals surface area (Å²) in [6, 6.07) is 21.1. The van der Waals surface area contributed by atoms with Crippen LogP contribution in [-0.2, 0) is 6.42 Å². The number of aryl methyl sites for hydroxylation is 1. The highest BCUT2D eigenvalue weighted by Crippen LogP contribution is 2.27. The van der Waals surface area contributed by atoms with Crippen molar-refractivity contribution >= 4 is 40.2 Å². The van der Waals surface area contributed by atoms with E-state index in [1.165, 1.54) is 0 Å². The van der Waals surface area contributed by atoms with E-state index in [2.05, 4.69) is 21.0 Å². The molecule has 1 aromatic heterocycles. The molecule has 31 heavy (non-hydrogen) atoms. The van der Waals surface area contributed by atoms with Gasteiger partial charge < -0.3 is 10.6 Å². The maximum Gasteiger partial charge on any atom is 0.256 e. The SMILES string of the molecule is Cc1ccc(-c2ccc(Cl)cc2)c(C(=O)Nc2ccc(NCCc3cscn3)cc2)c1. The van der Waals surface area contributed by atoms with Gasteiger partial charge in [-0.1, -0.05) is 41.4 Å². The third kappa shape index (κ3) is 5.51. The Morgan fingerprint density at radius 1 is 1.00 bits per heavy atom. The number of thiazole rings is 1. The molecule has 0 aliphatic rings. The van der Waals surface area contributed by atoms with E-state index in [-0.39, 0.29) is 5.91 Å². The predicted octanol–water partition coefficient (Wildman–Crippen LogP) is 6.68. The van der Waals surface area contributed by atoms with E-state index < -0.39 is 0 Å². The average Bonchev–Trinajstić information content (AvgIpc) is 3.29. The summed E-state index contributed by atoms with van der Waals surface area (Å²) < 4.78 is 0. The van der Waals surface area contributed by atoms with Gasteiger partial charge in [-0.25, -0.2) is 4.98 Å². The quantitative estimate of drug-likeness (QED) is 0.332. The fraction of sp³-hybridized carbons (Fsp3) is 0.120. The van der Waals surface area contributed by atoms with Gasteiger partial charge in [0.25, 0.3) is 5.91 Å². The Labute approximate surface area is 190 Å². The Hall–Kier alpha value is -3.15. The number of rotatable bonds is 7. The van der Waals surface area contributed by atoms with Crippen LogP contribution in [0.25, 0.3) is 11.1 Å². The molecule has 4 nitrogen and oxygen atoms in total. The first kappa shape index (κ1) is 21.1. The van der Waals surface area contributed by atoms with Crippen molar-refractivity contribution in [3.05, 3.63) is 99.5 Å². The molecular weight excluding hydrogens is 426 g/mol. The lowest BCUT2D eigenvalue weighted by Gasteiger charge is -2.12. The van der Waals surface area contributed by atoms with E-state index in [0.29, 0.717) is 10.6 Å². The summed E-state index contributed by atoms with van der Waals surface area (Å²) in [6.45, 7) is 2.79. The van der Waals surface area contributed by atoms with Gasteiger partial charge in [0.05, 0.1) is 11.2 Å². The number of amides is 1. The summed E-state index contributed by atoms with van der Waals surface area (Å²) >= 11 is 7.62. The van der Waals surface area contributed by atoms with Crippen LogP contribution in [0.3, 0.4) is 0 Å². The average molecular weight is 448 g/mol. The number of aromatic nitrogens is 1. The predicted molar refractivity (Wildman–Crippen MR) is 130 cm³/mol. The van der Waals surface area contributed by atoms with Gasteiger partial charge in [0, 0.05) is 40.3 Å². The molecule has 0 aliphatic heterocycles. The second-order valence-electron chi connectivity index (χ2n) is 7.24. The topological polar surface area (TPSA) is 54.0 Å². The van der Waals surface area contributed by atoms with Gasteiger partial charge in [-0.3, -0.25) is 4.79 Å². The van der Waals surface area contributed by atoms with Crippen LogP contribution in [0.1, 0.15) is 21.6 Å². The lowest BCUT2D eigenvalue weighted by molar-refractivity contribution is 0.102. The fourth-order valence-electron chi connectivity index (χ4n) is 3.29. The molecule has 0 saturated carbocycles. The monoisotopic (exact) mass is 447 g/mol. The van der Waals surface area contributed by atoms with E-state index in [4.69, 9.17) is 11.6 Å². The van der Waals surface area contributed by atoms with Crippen LogP contribution in [0.4, 0.5) is 11.4 Å². The number of hydrogen-bond acceptors (Lipinski definition) is 4. The molecule has 156 valence electrons. The van der Waals surface area contributed by atoms with Crippen LogP contribution in [0.5, 0.6) is 0 Å². The Balaban J connectivity index is 1.44. The minimum absolute atomic E-state index is 0.141. The minimum Gasteiger partial charge on any atom is -0.385 e. The summed E-state index contributed by atoms with van der Waals surface area (Å²) in [7, 11) is 0. The van der Waals surface area contributed by atoms with E-state index in [9.17, 15) is 4.79 Å². The molecule has 4 rings (SSSR count). The number of halogens is 1. The van der Waals surface area contributed by atoms with Crippen LogP contribution in [0.2, 0.25) is 5.02 Å². The maximum atomic E-state index is 13.1. The van der Waals surface area contributed by atoms with Crippen molar-refractivity contribution in [1.82, 2.24) is 4.98 Å². The fourth-order valence-corrected chi connectivity index (χ4v) is 4.01. The number of nitrogens with zero attached hydrogens (tertiary/aromatic N) is 1. The van der Waals surface area contributed by atoms with Crippen molar-refractivity contribution in [2.24, 2.45) is 0 Å². The van der Waals surface area contributed by atoms with Crippen LogP contribution in [-0.4, -0.2) is 17.4 Å². The highest BCUT2D eigenvalue weighted by molar-refractivity contribution is 7.07. The molecule has 6 heteroatoms. The minimum atomic E-state index is -0.141. The standard InChI is InChI=1S/C25H22ClN3OS/c1-17-2-11-23(18-3-5-19(26)6-4-18)24(14-17)25(30)29-21-9-7-20(8-10-21)27-13-12-22-15-31-16-28-22/h2-11,14-16,27H,12-13H2,1H3,(H,29,30). The first-order valence-electron chi connectivity index (χ1n) is 9.97. The van der Waals surface area contributed by atoms with Crippen molar-refractivity contribution in [3.8, 4) is 11.1 Å². The highest BCUT2D eigenvalue weighted by atomic mass is 35.5. The Morgan fingerprint density at radius 2 is 1.74 bits per heavy atom. The Kier molecular flexibility index (Phi) is 6.65. The molecule has 0 atom stereocenters. The molecular formula is C25H22ClN3OS. The molecule has 0 saturated heterocycles. The van der Waals surface area contributed by atoms with Crippen LogP contribution in [0.15, 0.2) is 77.6 Å². The van der Waals surface area contributed by atoms with E-state index in [1.54, 1.807) is 11.3 Å². The van der Waals surface area contributed by atoms with Crippen molar-refractivity contribution in [3.63, 3.8) is 0 Å². The number of hydrogen-bond donors (Lipinski definition) is 2. The molecule has 0 spiro atoms. The molecule has 0 bridgehead atoms. The maximum absolute atomic E-state index is 13.1. The molecule has 1 amide bonds. The summed E-state index contributed by atoms with van der Waals surface area (Å²) in [5.41, 5.74) is 8.18. The van der Waals surface area contributed by atoms with Gasteiger partial charge in [0.2, 0.25) is 0 Å². The Morgan fingerprint density at radius 3 is 2.45 bits per heavy atom. The number of carbonyl (C=O) groups excluding carboxylic acids is 1. The molecule has 0 unspecified atom stereocenters. The molecule has 0 fully saturated rings. The number of nitrogens with one attached hydrogen (secondary N) is 2. The van der Waals surface area contributed by atoms with Crippen LogP contribution >= 0.6 is 22.9 Å². The molecule has 0 radical (unpaired) electrons. The zero-order valence-corrected chi connectivity index (χ0v) is 18.6. The molecule has 4 aromatic rings. The van der Waals surface area contributed by atoms with Crippen molar-refractivity contribution in [2.75, 3.05) is 17.2 Å². The normalized spacial score (nSPS) is 10.6. The third-order valence-electron chi connectivity index (χ3n) is 4.91.